The highest BCUT2D eigenvalue weighted by atomic mass is 19.2. The van der Waals surface area contributed by atoms with E-state index in [-0.39, 0.29) is 35.5 Å². The van der Waals surface area contributed by atoms with E-state index in [2.05, 4.69) is 0 Å². The van der Waals surface area contributed by atoms with Crippen molar-refractivity contribution in [3.05, 3.63) is 107 Å². The minimum Gasteiger partial charge on any atom is -0.494 e. The molecule has 4 rings (SSSR count). The van der Waals surface area contributed by atoms with Crippen LogP contribution in [-0.2, 0) is 12.8 Å². The average Bonchev–Trinajstić information content (AvgIpc) is 2.89. The van der Waals surface area contributed by atoms with Crippen molar-refractivity contribution in [2.45, 2.75) is 26.7 Å². The highest BCUT2D eigenvalue weighted by molar-refractivity contribution is 5.72. The number of hydrogen-bond donors (Lipinski definition) is 0. The van der Waals surface area contributed by atoms with E-state index >= 15 is 0 Å². The van der Waals surface area contributed by atoms with Gasteiger partial charge in [-0.15, -0.1) is 0 Å². The van der Waals surface area contributed by atoms with Gasteiger partial charge < -0.3 is 9.47 Å². The zero-order chi connectivity index (χ0) is 25.7. The molecule has 0 aromatic heterocycles. The molecule has 2 nitrogen and oxygen atoms in total. The molecule has 0 aliphatic carbocycles. The summed E-state index contributed by atoms with van der Waals surface area (Å²) in [5.74, 6) is -3.20. The summed E-state index contributed by atoms with van der Waals surface area (Å²) in [5.41, 5.74) is 2.49. The zero-order valence-corrected chi connectivity index (χ0v) is 20.1. The molecule has 0 saturated carbocycles. The van der Waals surface area contributed by atoms with Gasteiger partial charge in [0.25, 0.3) is 0 Å². The largest absolute Gasteiger partial charge is 0.494 e. The molecule has 0 aliphatic heterocycles. The summed E-state index contributed by atoms with van der Waals surface area (Å²) in [6.07, 6.45) is 0.742. The van der Waals surface area contributed by atoms with E-state index in [4.69, 9.17) is 9.47 Å². The first kappa shape index (κ1) is 25.3. The fourth-order valence-corrected chi connectivity index (χ4v) is 4.05. The Bertz CT molecular complexity index is 1330. The lowest BCUT2D eigenvalue weighted by molar-refractivity contribution is 0.313. The van der Waals surface area contributed by atoms with Crippen LogP contribution in [0.5, 0.6) is 11.5 Å². The van der Waals surface area contributed by atoms with Crippen LogP contribution in [-0.4, -0.2) is 13.2 Å². The second-order valence-corrected chi connectivity index (χ2v) is 8.23. The molecule has 0 unspecified atom stereocenters. The van der Waals surface area contributed by atoms with Gasteiger partial charge in [0.2, 0.25) is 5.82 Å². The highest BCUT2D eigenvalue weighted by Gasteiger charge is 2.17. The van der Waals surface area contributed by atoms with Crippen molar-refractivity contribution < 1.29 is 27.0 Å². The van der Waals surface area contributed by atoms with Gasteiger partial charge in [-0.25, -0.2) is 13.2 Å². The summed E-state index contributed by atoms with van der Waals surface area (Å²) in [7, 11) is 0. The van der Waals surface area contributed by atoms with Gasteiger partial charge in [-0.05, 0) is 67.1 Å². The van der Waals surface area contributed by atoms with Gasteiger partial charge in [-0.1, -0.05) is 54.6 Å². The summed E-state index contributed by atoms with van der Waals surface area (Å²) < 4.78 is 68.8. The Morgan fingerprint density at radius 3 is 1.64 bits per heavy atom. The lowest BCUT2D eigenvalue weighted by Gasteiger charge is -2.11. The van der Waals surface area contributed by atoms with Crippen LogP contribution in [0.3, 0.4) is 0 Å². The lowest BCUT2D eigenvalue weighted by atomic mass is 9.97. The van der Waals surface area contributed by atoms with E-state index in [1.165, 1.54) is 12.1 Å². The monoisotopic (exact) mass is 494 g/mol. The van der Waals surface area contributed by atoms with E-state index in [0.29, 0.717) is 29.9 Å². The molecule has 6 heteroatoms. The molecular weight excluding hydrogens is 468 g/mol. The molecule has 0 amide bonds. The van der Waals surface area contributed by atoms with Crippen molar-refractivity contribution in [3.8, 4) is 33.8 Å². The van der Waals surface area contributed by atoms with Crippen LogP contribution in [0.1, 0.15) is 25.0 Å². The van der Waals surface area contributed by atoms with Gasteiger partial charge in [-0.2, -0.15) is 4.39 Å². The van der Waals surface area contributed by atoms with Crippen LogP contribution in [0.15, 0.2) is 72.8 Å². The van der Waals surface area contributed by atoms with Crippen LogP contribution in [0.2, 0.25) is 0 Å². The summed E-state index contributed by atoms with van der Waals surface area (Å²) in [6.45, 7) is 4.34. The highest BCUT2D eigenvalue weighted by Crippen LogP contribution is 2.32. The molecule has 0 saturated heterocycles. The first-order chi connectivity index (χ1) is 17.4. The molecule has 0 radical (unpaired) electrons. The topological polar surface area (TPSA) is 18.5 Å². The maximum atomic E-state index is 15.0. The van der Waals surface area contributed by atoms with Crippen molar-refractivity contribution >= 4 is 0 Å². The van der Waals surface area contributed by atoms with E-state index in [1.54, 1.807) is 67.6 Å². The molecule has 0 N–H and O–H groups in total. The molecule has 0 heterocycles. The van der Waals surface area contributed by atoms with Crippen LogP contribution < -0.4 is 9.47 Å². The molecule has 186 valence electrons. The fraction of sp³-hybridized carbons (Fsp3) is 0.200. The van der Waals surface area contributed by atoms with Crippen molar-refractivity contribution in [2.75, 3.05) is 13.2 Å². The van der Waals surface area contributed by atoms with Crippen molar-refractivity contribution in [1.82, 2.24) is 0 Å². The normalized spacial score (nSPS) is 10.9. The third kappa shape index (κ3) is 5.38. The summed E-state index contributed by atoms with van der Waals surface area (Å²) in [6, 6.07) is 19.8. The van der Waals surface area contributed by atoms with Crippen LogP contribution in [0.25, 0.3) is 22.3 Å². The second kappa shape index (κ2) is 11.3. The molecule has 0 spiro atoms. The SMILES string of the molecule is CCOc1ccc(-c2ccc(-c3ccc(CCc4ccc(OCC)c(F)c4F)cc3)c(F)c2F)cc1. The Labute approximate surface area is 208 Å². The molecule has 4 aromatic rings. The van der Waals surface area contributed by atoms with Crippen LogP contribution in [0.4, 0.5) is 17.6 Å². The molecule has 0 atom stereocenters. The zero-order valence-electron chi connectivity index (χ0n) is 20.1. The van der Waals surface area contributed by atoms with Gasteiger partial charge in [0.05, 0.1) is 13.2 Å². The molecule has 0 fully saturated rings. The fourth-order valence-electron chi connectivity index (χ4n) is 4.05. The predicted molar refractivity (Wildman–Crippen MR) is 133 cm³/mol. The van der Waals surface area contributed by atoms with Gasteiger partial charge in [0.15, 0.2) is 23.2 Å². The Hall–Kier alpha value is -3.80. The standard InChI is InChI=1S/C30H26F4O2/c1-3-35-23-14-11-21(12-15-23)25-17-16-24(28(32)29(25)33)20-8-5-19(6-9-20)7-10-22-13-18-26(36-4-2)30(34)27(22)31/h5-6,8-9,11-18H,3-4,7,10H2,1-2H3. The van der Waals surface area contributed by atoms with Gasteiger partial charge >= 0.3 is 0 Å². The molecule has 0 bridgehead atoms. The summed E-state index contributed by atoms with van der Waals surface area (Å²) >= 11 is 0. The number of halogens is 4. The number of hydrogen-bond acceptors (Lipinski definition) is 2. The van der Waals surface area contributed by atoms with Crippen LogP contribution >= 0.6 is 0 Å². The maximum absolute atomic E-state index is 15.0. The Kier molecular flexibility index (Phi) is 7.93. The minimum atomic E-state index is -0.990. The van der Waals surface area contributed by atoms with Crippen molar-refractivity contribution in [2.24, 2.45) is 0 Å². The van der Waals surface area contributed by atoms with E-state index < -0.39 is 23.3 Å². The third-order valence-corrected chi connectivity index (χ3v) is 5.93. The maximum Gasteiger partial charge on any atom is 0.200 e. The Morgan fingerprint density at radius 2 is 1.08 bits per heavy atom. The van der Waals surface area contributed by atoms with E-state index in [0.717, 1.165) is 5.56 Å². The van der Waals surface area contributed by atoms with Gasteiger partial charge in [0, 0.05) is 11.1 Å². The van der Waals surface area contributed by atoms with Crippen molar-refractivity contribution in [1.29, 1.82) is 0 Å². The average molecular weight is 495 g/mol. The Balaban J connectivity index is 1.49. The smallest absolute Gasteiger partial charge is 0.200 e. The molecule has 0 aliphatic rings. The second-order valence-electron chi connectivity index (χ2n) is 8.23. The predicted octanol–water partition coefficient (Wildman–Crippen LogP) is 8.16. The quantitative estimate of drug-likeness (QED) is 0.219. The third-order valence-electron chi connectivity index (χ3n) is 5.93. The number of ether oxygens (including phenoxy) is 2. The van der Waals surface area contributed by atoms with E-state index in [9.17, 15) is 17.6 Å². The molecular formula is C30H26F4O2. The van der Waals surface area contributed by atoms with Gasteiger partial charge in [-0.3, -0.25) is 0 Å². The van der Waals surface area contributed by atoms with Crippen molar-refractivity contribution in [3.63, 3.8) is 0 Å². The van der Waals surface area contributed by atoms with Crippen LogP contribution in [0, 0.1) is 23.3 Å². The van der Waals surface area contributed by atoms with Gasteiger partial charge in [0.1, 0.15) is 5.75 Å². The number of rotatable bonds is 9. The molecule has 4 aromatic carbocycles. The summed E-state index contributed by atoms with van der Waals surface area (Å²) in [4.78, 5) is 0. The summed E-state index contributed by atoms with van der Waals surface area (Å²) in [5, 5.41) is 0. The number of aryl methyl sites for hydroxylation is 2. The minimum absolute atomic E-state index is 0.106. The first-order valence-electron chi connectivity index (χ1n) is 11.8. The molecule has 36 heavy (non-hydrogen) atoms. The lowest BCUT2D eigenvalue weighted by Crippen LogP contribution is -2.02. The first-order valence-corrected chi connectivity index (χ1v) is 11.8. The number of benzene rings is 4. The Morgan fingerprint density at radius 1 is 0.528 bits per heavy atom. The van der Waals surface area contributed by atoms with E-state index in [1.807, 2.05) is 6.92 Å².